The molecule has 5 nitrogen and oxygen atoms in total. The molecule has 0 bridgehead atoms. The summed E-state index contributed by atoms with van der Waals surface area (Å²) in [7, 11) is 2.13. The summed E-state index contributed by atoms with van der Waals surface area (Å²) in [6, 6.07) is 0.615. The van der Waals surface area contributed by atoms with Crippen molar-refractivity contribution in [2.75, 3.05) is 33.5 Å². The number of carbonyl (C=O) groups excluding carboxylic acids is 1. The lowest BCUT2D eigenvalue weighted by Gasteiger charge is -2.29. The van der Waals surface area contributed by atoms with Crippen molar-refractivity contribution in [3.63, 3.8) is 0 Å². The van der Waals surface area contributed by atoms with Gasteiger partial charge in [-0.15, -0.1) is 0 Å². The average Bonchev–Trinajstić information content (AvgIpc) is 2.24. The standard InChI is InChI=1S/C6H13NO.C5H12N2O/c1-6-5-8-4-3-7(6)2;1-4(2)5(8)7-3-6/h6H,3-5H2,1-2H3;4H,3,6H2,1-2H3,(H,7,8). The molecule has 1 aliphatic heterocycles. The van der Waals surface area contributed by atoms with Crippen LogP contribution in [0.3, 0.4) is 0 Å². The second kappa shape index (κ2) is 8.50. The summed E-state index contributed by atoms with van der Waals surface area (Å²) in [5.74, 6) is 0.0473. The van der Waals surface area contributed by atoms with E-state index < -0.39 is 0 Å². The van der Waals surface area contributed by atoms with Crippen LogP contribution in [-0.4, -0.2) is 50.3 Å². The summed E-state index contributed by atoms with van der Waals surface area (Å²) in [5.41, 5.74) is 5.04. The normalized spacial score (nSPS) is 21.2. The Kier molecular flexibility index (Phi) is 8.15. The van der Waals surface area contributed by atoms with E-state index in [0.717, 1.165) is 19.8 Å². The van der Waals surface area contributed by atoms with Crippen LogP contribution in [0.4, 0.5) is 0 Å². The van der Waals surface area contributed by atoms with Crippen LogP contribution in [0.2, 0.25) is 0 Å². The van der Waals surface area contributed by atoms with Crippen molar-refractivity contribution in [2.45, 2.75) is 26.8 Å². The maximum absolute atomic E-state index is 10.6. The molecule has 1 heterocycles. The molecule has 0 aromatic rings. The number of rotatable bonds is 2. The smallest absolute Gasteiger partial charge is 0.223 e. The van der Waals surface area contributed by atoms with E-state index >= 15 is 0 Å². The minimum atomic E-state index is 0.00694. The molecular formula is C11H25N3O2. The van der Waals surface area contributed by atoms with E-state index in [1.165, 1.54) is 0 Å². The number of likely N-dealkylation sites (N-methyl/N-ethyl adjacent to an activating group) is 1. The van der Waals surface area contributed by atoms with Crippen molar-refractivity contribution >= 4 is 5.91 Å². The highest BCUT2D eigenvalue weighted by molar-refractivity contribution is 5.77. The summed E-state index contributed by atoms with van der Waals surface area (Å²) in [6.45, 7) is 8.95. The lowest BCUT2D eigenvalue weighted by molar-refractivity contribution is -0.123. The molecule has 1 atom stereocenters. The van der Waals surface area contributed by atoms with Crippen LogP contribution in [0.15, 0.2) is 0 Å². The zero-order valence-electron chi connectivity index (χ0n) is 10.8. The number of nitrogens with one attached hydrogen (secondary N) is 1. The average molecular weight is 231 g/mol. The van der Waals surface area contributed by atoms with Crippen molar-refractivity contribution in [1.29, 1.82) is 0 Å². The highest BCUT2D eigenvalue weighted by Crippen LogP contribution is 2.00. The first-order valence-corrected chi connectivity index (χ1v) is 5.74. The highest BCUT2D eigenvalue weighted by Gasteiger charge is 2.12. The van der Waals surface area contributed by atoms with Crippen LogP contribution in [-0.2, 0) is 9.53 Å². The Morgan fingerprint density at radius 1 is 1.62 bits per heavy atom. The van der Waals surface area contributed by atoms with Crippen molar-refractivity contribution in [2.24, 2.45) is 11.7 Å². The number of ether oxygens (including phenoxy) is 1. The first-order valence-electron chi connectivity index (χ1n) is 5.74. The van der Waals surface area contributed by atoms with E-state index in [1.54, 1.807) is 0 Å². The minimum absolute atomic E-state index is 0.00694. The number of hydrogen-bond donors (Lipinski definition) is 2. The van der Waals surface area contributed by atoms with Gasteiger partial charge in [0.1, 0.15) is 0 Å². The van der Waals surface area contributed by atoms with Gasteiger partial charge in [0, 0.05) is 18.5 Å². The summed E-state index contributed by atoms with van der Waals surface area (Å²) in [6.07, 6.45) is 0. The van der Waals surface area contributed by atoms with Crippen LogP contribution in [0.25, 0.3) is 0 Å². The van der Waals surface area contributed by atoms with Crippen LogP contribution in [0.1, 0.15) is 20.8 Å². The molecule has 3 N–H and O–H groups in total. The topological polar surface area (TPSA) is 67.6 Å². The zero-order chi connectivity index (χ0) is 12.6. The lowest BCUT2D eigenvalue weighted by Crippen LogP contribution is -2.40. The first-order chi connectivity index (χ1) is 7.49. The molecule has 1 rings (SSSR count). The monoisotopic (exact) mass is 231 g/mol. The number of nitrogens with two attached hydrogens (primary N) is 1. The third kappa shape index (κ3) is 6.76. The van der Waals surface area contributed by atoms with Crippen LogP contribution < -0.4 is 11.1 Å². The SMILES string of the molecule is CC(C)C(=O)NCN.CC1COCCN1C. The van der Waals surface area contributed by atoms with Gasteiger partial charge in [0.2, 0.25) is 5.91 Å². The van der Waals surface area contributed by atoms with Crippen molar-refractivity contribution < 1.29 is 9.53 Å². The molecule has 1 unspecified atom stereocenters. The Morgan fingerprint density at radius 3 is 2.50 bits per heavy atom. The molecule has 0 spiro atoms. The Morgan fingerprint density at radius 2 is 2.25 bits per heavy atom. The van der Waals surface area contributed by atoms with Crippen LogP contribution >= 0.6 is 0 Å². The third-order valence-electron chi connectivity index (χ3n) is 2.50. The van der Waals surface area contributed by atoms with Gasteiger partial charge in [0.05, 0.1) is 19.9 Å². The molecule has 1 fully saturated rings. The van der Waals surface area contributed by atoms with Gasteiger partial charge in [0.15, 0.2) is 0 Å². The minimum Gasteiger partial charge on any atom is -0.379 e. The number of amides is 1. The maximum atomic E-state index is 10.6. The summed E-state index contributed by atoms with van der Waals surface area (Å²) in [5, 5.41) is 2.48. The highest BCUT2D eigenvalue weighted by atomic mass is 16.5. The number of nitrogens with zero attached hydrogens (tertiary/aromatic N) is 1. The van der Waals surface area contributed by atoms with E-state index in [9.17, 15) is 4.79 Å². The summed E-state index contributed by atoms with van der Waals surface area (Å²) in [4.78, 5) is 12.9. The van der Waals surface area contributed by atoms with Crippen molar-refractivity contribution in [3.05, 3.63) is 0 Å². The van der Waals surface area contributed by atoms with Gasteiger partial charge >= 0.3 is 0 Å². The largest absolute Gasteiger partial charge is 0.379 e. The fraction of sp³-hybridized carbons (Fsp3) is 0.909. The van der Waals surface area contributed by atoms with Crippen LogP contribution in [0, 0.1) is 5.92 Å². The Bertz CT molecular complexity index is 188. The summed E-state index contributed by atoms with van der Waals surface area (Å²) >= 11 is 0. The fourth-order valence-electron chi connectivity index (χ4n) is 1.11. The Hall–Kier alpha value is -0.650. The molecule has 5 heteroatoms. The van der Waals surface area contributed by atoms with Gasteiger partial charge in [-0.05, 0) is 14.0 Å². The molecule has 0 radical (unpaired) electrons. The van der Waals surface area contributed by atoms with Crippen molar-refractivity contribution in [3.8, 4) is 0 Å². The number of morpholine rings is 1. The molecule has 0 aromatic heterocycles. The molecule has 1 saturated heterocycles. The lowest BCUT2D eigenvalue weighted by atomic mass is 10.2. The number of hydrogen-bond acceptors (Lipinski definition) is 4. The molecule has 1 aliphatic rings. The van der Waals surface area contributed by atoms with Gasteiger partial charge in [0.25, 0.3) is 0 Å². The van der Waals surface area contributed by atoms with Gasteiger partial charge in [-0.1, -0.05) is 13.8 Å². The molecule has 0 aromatic carbocycles. The van der Waals surface area contributed by atoms with Crippen molar-refractivity contribution in [1.82, 2.24) is 10.2 Å². The van der Waals surface area contributed by atoms with Crippen LogP contribution in [0.5, 0.6) is 0 Å². The molecule has 0 aliphatic carbocycles. The summed E-state index contributed by atoms with van der Waals surface area (Å²) < 4.78 is 5.21. The van der Waals surface area contributed by atoms with Gasteiger partial charge in [-0.25, -0.2) is 0 Å². The number of carbonyl (C=O) groups is 1. The van der Waals surface area contributed by atoms with E-state index in [1.807, 2.05) is 13.8 Å². The zero-order valence-corrected chi connectivity index (χ0v) is 10.8. The van der Waals surface area contributed by atoms with Gasteiger partial charge in [-0.2, -0.15) is 0 Å². The van der Waals surface area contributed by atoms with E-state index in [4.69, 9.17) is 10.5 Å². The van der Waals surface area contributed by atoms with Gasteiger partial charge < -0.3 is 15.8 Å². The van der Waals surface area contributed by atoms with E-state index in [0.29, 0.717) is 6.04 Å². The third-order valence-corrected chi connectivity index (χ3v) is 2.50. The molecule has 1 amide bonds. The fourth-order valence-corrected chi connectivity index (χ4v) is 1.11. The quantitative estimate of drug-likeness (QED) is 0.657. The maximum Gasteiger partial charge on any atom is 0.223 e. The molecule has 0 saturated carbocycles. The predicted octanol–water partition coefficient (Wildman–Crippen LogP) is 0.0117. The Balaban J connectivity index is 0.000000281. The molecule has 16 heavy (non-hydrogen) atoms. The second-order valence-electron chi connectivity index (χ2n) is 4.30. The second-order valence-corrected chi connectivity index (χ2v) is 4.30. The molecular weight excluding hydrogens is 206 g/mol. The predicted molar refractivity (Wildman–Crippen MR) is 64.9 cm³/mol. The van der Waals surface area contributed by atoms with Gasteiger partial charge in [-0.3, -0.25) is 9.69 Å². The van der Waals surface area contributed by atoms with E-state index in [2.05, 4.69) is 24.2 Å². The Labute approximate surface area is 98.3 Å². The van der Waals surface area contributed by atoms with E-state index in [-0.39, 0.29) is 18.5 Å². The first kappa shape index (κ1) is 15.3. The molecule has 96 valence electrons.